The highest BCUT2D eigenvalue weighted by atomic mass is 35.5. The number of pyridine rings is 1. The zero-order valence-corrected chi connectivity index (χ0v) is 51.3. The molecular formula is C65H70ClF2N9O8S. The molecule has 6 aromatic rings. The molecule has 0 radical (unpaired) electrons. The molecule has 4 atom stereocenters. The molecule has 4 saturated heterocycles. The number of aryl methyl sites for hydroxylation is 1. The predicted octanol–water partition coefficient (Wildman–Crippen LogP) is 12.5. The van der Waals surface area contributed by atoms with E-state index in [2.05, 4.69) is 29.8 Å². The van der Waals surface area contributed by atoms with Gasteiger partial charge in [0, 0.05) is 59.0 Å². The average molecular weight is 1210 g/mol. The highest BCUT2D eigenvalue weighted by Gasteiger charge is 2.47. The van der Waals surface area contributed by atoms with Gasteiger partial charge in [-0.05, 0) is 158 Å². The minimum Gasteiger partial charge on any atom is -0.486 e. The van der Waals surface area contributed by atoms with Crippen LogP contribution in [0.5, 0.6) is 11.8 Å². The summed E-state index contributed by atoms with van der Waals surface area (Å²) < 4.78 is 57.7. The van der Waals surface area contributed by atoms with Crippen LogP contribution < -0.4 is 19.7 Å². The van der Waals surface area contributed by atoms with E-state index in [9.17, 15) is 24.4 Å². The van der Waals surface area contributed by atoms with Gasteiger partial charge in [0.1, 0.15) is 58.6 Å². The van der Waals surface area contributed by atoms with Crippen molar-refractivity contribution in [2.24, 2.45) is 5.92 Å². The topological polar surface area (TPSA) is 193 Å². The Morgan fingerprint density at radius 2 is 1.77 bits per heavy atom. The lowest BCUT2D eigenvalue weighted by Crippen LogP contribution is -2.57. The van der Waals surface area contributed by atoms with Gasteiger partial charge in [-0.1, -0.05) is 38.1 Å². The SMILES string of the molecule is C=C(C(=O)N1C2CCC1CN(c1nc(OCC34CCCN3CCC4)nc3c(F)c(-c4ccc(F)c5sc(NC(=O)OC(C)(C)C)c(C#N)c45)c(Cl)cc13)C2)C(C)Oc1ccc2nc3c(c(CC)c2c1)CN(C=O)/C3=C\C(=C(/C)COC)C(C=O)CC. The summed E-state index contributed by atoms with van der Waals surface area (Å²) in [6, 6.07) is 11.2. The predicted molar refractivity (Wildman–Crippen MR) is 328 cm³/mol. The number of methoxy groups -OCH3 is 1. The average Bonchev–Trinajstić information content (AvgIpc) is 1.33. The summed E-state index contributed by atoms with van der Waals surface area (Å²) in [7, 11) is 1.61. The fourth-order valence-corrected chi connectivity index (χ4v) is 15.0. The van der Waals surface area contributed by atoms with Crippen molar-refractivity contribution >= 4 is 96.0 Å². The lowest BCUT2D eigenvalue weighted by atomic mass is 9.92. The van der Waals surface area contributed by atoms with Crippen molar-refractivity contribution in [1.82, 2.24) is 29.7 Å². The van der Waals surface area contributed by atoms with Crippen molar-refractivity contribution in [1.29, 1.82) is 5.26 Å². The van der Waals surface area contributed by atoms with Crippen LogP contribution in [0.1, 0.15) is 116 Å². The van der Waals surface area contributed by atoms with E-state index < -0.39 is 29.4 Å². The number of aldehydes is 1. The number of hydrogen-bond acceptors (Lipinski definition) is 15. The first-order chi connectivity index (χ1) is 41.2. The Kier molecular flexibility index (Phi) is 16.7. The van der Waals surface area contributed by atoms with Gasteiger partial charge in [-0.15, -0.1) is 11.3 Å². The number of aromatic nitrogens is 3. The molecule has 86 heavy (non-hydrogen) atoms. The number of nitriles is 1. The molecule has 3 aromatic heterocycles. The van der Waals surface area contributed by atoms with E-state index in [1.165, 1.54) is 12.1 Å². The zero-order valence-electron chi connectivity index (χ0n) is 49.7. The summed E-state index contributed by atoms with van der Waals surface area (Å²) >= 11 is 8.00. The molecule has 450 valence electrons. The van der Waals surface area contributed by atoms with Gasteiger partial charge in [0.05, 0.1) is 63.0 Å². The molecule has 3 amide bonds. The summed E-state index contributed by atoms with van der Waals surface area (Å²) in [6.45, 7) is 20.7. The van der Waals surface area contributed by atoms with Crippen molar-refractivity contribution < 1.29 is 46.9 Å². The molecule has 0 aliphatic carbocycles. The highest BCUT2D eigenvalue weighted by Crippen LogP contribution is 2.48. The van der Waals surface area contributed by atoms with Crippen LogP contribution in [0, 0.1) is 28.9 Å². The van der Waals surface area contributed by atoms with Crippen LogP contribution in [-0.4, -0.2) is 130 Å². The normalized spacial score (nSPS) is 19.6. The van der Waals surface area contributed by atoms with Crippen LogP contribution in [0.3, 0.4) is 0 Å². The molecule has 4 unspecified atom stereocenters. The second-order valence-corrected chi connectivity index (χ2v) is 25.6. The number of benzene rings is 3. The first kappa shape index (κ1) is 60.1. The number of amides is 3. The Morgan fingerprint density at radius 3 is 2.42 bits per heavy atom. The monoisotopic (exact) mass is 1210 g/mol. The fraction of sp³-hybridized carbons (Fsp3) is 0.446. The van der Waals surface area contributed by atoms with Crippen molar-refractivity contribution in [3.63, 3.8) is 0 Å². The molecule has 2 bridgehead atoms. The Hall–Kier alpha value is -7.57. The number of carbonyl (C=O) groups excluding carboxylic acids is 4. The number of fused-ring (bicyclic) bond motifs is 7. The van der Waals surface area contributed by atoms with Gasteiger partial charge in [-0.2, -0.15) is 15.2 Å². The van der Waals surface area contributed by atoms with Crippen molar-refractivity contribution in [2.45, 2.75) is 136 Å². The van der Waals surface area contributed by atoms with Gasteiger partial charge in [0.15, 0.2) is 5.82 Å². The Labute approximate surface area is 507 Å². The summed E-state index contributed by atoms with van der Waals surface area (Å²) in [5, 5.41) is 14.3. The van der Waals surface area contributed by atoms with E-state index >= 15 is 8.78 Å². The molecule has 3 aromatic carbocycles. The molecule has 0 saturated carbocycles. The molecule has 0 spiro atoms. The second-order valence-electron chi connectivity index (χ2n) is 24.1. The fourth-order valence-electron chi connectivity index (χ4n) is 13.6. The van der Waals surface area contributed by atoms with E-state index in [1.807, 2.05) is 47.9 Å². The van der Waals surface area contributed by atoms with Gasteiger partial charge >= 0.3 is 12.1 Å². The molecule has 21 heteroatoms. The Morgan fingerprint density at radius 1 is 1.03 bits per heavy atom. The van der Waals surface area contributed by atoms with Gasteiger partial charge in [0.25, 0.3) is 5.91 Å². The van der Waals surface area contributed by atoms with E-state index in [0.29, 0.717) is 92.4 Å². The third-order valence-electron chi connectivity index (χ3n) is 17.7. The molecule has 8 heterocycles. The third kappa shape index (κ3) is 10.9. The Bertz CT molecular complexity index is 3870. The summed E-state index contributed by atoms with van der Waals surface area (Å²) in [4.78, 5) is 75.5. The van der Waals surface area contributed by atoms with Crippen LogP contribution in [0.4, 0.5) is 24.4 Å². The molecule has 1 N–H and O–H groups in total. The van der Waals surface area contributed by atoms with Crippen molar-refractivity contribution in [3.8, 4) is 29.0 Å². The number of rotatable bonds is 18. The first-order valence-electron chi connectivity index (χ1n) is 29.4. The molecule has 17 nitrogen and oxygen atoms in total. The number of anilines is 2. The first-order valence-corrected chi connectivity index (χ1v) is 30.6. The summed E-state index contributed by atoms with van der Waals surface area (Å²) in [6.07, 6.45) is 8.61. The zero-order chi connectivity index (χ0) is 61.1. The largest absolute Gasteiger partial charge is 0.486 e. The number of piperazine rings is 1. The van der Waals surface area contributed by atoms with Crippen molar-refractivity contribution in [2.75, 3.05) is 56.7 Å². The minimum atomic E-state index is -0.861. The molecule has 4 fully saturated rings. The number of thiophene rings is 1. The van der Waals surface area contributed by atoms with Crippen LogP contribution in [0.25, 0.3) is 48.7 Å². The molecule has 5 aliphatic rings. The standard InChI is InChI=1S/C65H70ClF2N9O8S/c1-10-38(31-78)44(35(3)32-82-9)26-52-56-48(30-75(52)34-79)42(11-2)45-24-41(16-19-51(45)70-56)84-37(5)36(4)61(80)77-39-14-15-40(77)29-74(28-39)59-46-25-49(66)54(55(68)57(46)71-62(72-59)83-33-65-20-12-22-76(65)23-13-21-65)43-17-18-50(67)58-53(43)47(27-69)60(86-58)73-63(81)85-64(6,7)8/h16-19,24-26,31,34,37-40H,4,10-15,20-23,28-30,32-33H2,1-3,5-9H3,(H,73,81)/b44-35-,52-26-. The second kappa shape index (κ2) is 23.9. The van der Waals surface area contributed by atoms with E-state index in [-0.39, 0.29) is 83.3 Å². The maximum absolute atomic E-state index is 17.9. The van der Waals surface area contributed by atoms with Crippen molar-refractivity contribution in [3.05, 3.63) is 105 Å². The number of carbonyl (C=O) groups is 4. The molecule has 11 rings (SSSR count). The van der Waals surface area contributed by atoms with Crippen LogP contribution in [0.15, 0.2) is 65.8 Å². The maximum atomic E-state index is 17.9. The number of nitrogens with zero attached hydrogens (tertiary/aromatic N) is 8. The van der Waals surface area contributed by atoms with Gasteiger partial charge in [-0.25, -0.2) is 18.6 Å². The van der Waals surface area contributed by atoms with Gasteiger partial charge in [0.2, 0.25) is 6.41 Å². The quantitative estimate of drug-likeness (QED) is 0.0631. The lowest BCUT2D eigenvalue weighted by Gasteiger charge is -2.42. The van der Waals surface area contributed by atoms with Gasteiger partial charge < -0.3 is 38.4 Å². The number of ether oxygens (including phenoxy) is 4. The van der Waals surface area contributed by atoms with E-state index in [4.69, 9.17) is 45.5 Å². The summed E-state index contributed by atoms with van der Waals surface area (Å²) in [5.41, 5.74) is 4.63. The van der Waals surface area contributed by atoms with Crippen LogP contribution in [0.2, 0.25) is 5.02 Å². The van der Waals surface area contributed by atoms with Gasteiger partial charge in [-0.3, -0.25) is 19.8 Å². The minimum absolute atomic E-state index is 0.00778. The lowest BCUT2D eigenvalue weighted by molar-refractivity contribution is -0.131. The smallest absolute Gasteiger partial charge is 0.412 e. The molecular weight excluding hydrogens is 1140 g/mol. The third-order valence-corrected chi connectivity index (χ3v) is 19.1. The maximum Gasteiger partial charge on any atom is 0.412 e. The number of nitrogens with one attached hydrogen (secondary N) is 1. The van der Waals surface area contributed by atoms with Crippen LogP contribution >= 0.6 is 22.9 Å². The Balaban J connectivity index is 0.878. The van der Waals surface area contributed by atoms with E-state index in [0.717, 1.165) is 90.5 Å². The van der Waals surface area contributed by atoms with E-state index in [1.54, 1.807) is 45.8 Å². The number of halogens is 3. The summed E-state index contributed by atoms with van der Waals surface area (Å²) in [5.74, 6) is -1.25. The number of hydrogen-bond donors (Lipinski definition) is 1. The molecule has 5 aliphatic heterocycles. The number of allylic oxidation sites excluding steroid dienone is 2. The van der Waals surface area contributed by atoms with Crippen LogP contribution in [-0.2, 0) is 36.8 Å². The highest BCUT2D eigenvalue weighted by molar-refractivity contribution is 7.23.